The minimum absolute atomic E-state index is 0.150. The van der Waals surface area contributed by atoms with E-state index < -0.39 is 5.60 Å². The number of amides is 1. The van der Waals surface area contributed by atoms with Gasteiger partial charge in [-0.25, -0.2) is 9.78 Å². The number of fused-ring (bicyclic) bond motifs is 2. The van der Waals surface area contributed by atoms with E-state index in [0.717, 1.165) is 54.6 Å². The lowest BCUT2D eigenvalue weighted by atomic mass is 10.1. The van der Waals surface area contributed by atoms with Crippen LogP contribution in [0, 0.1) is 13.8 Å². The van der Waals surface area contributed by atoms with Crippen LogP contribution in [0.1, 0.15) is 45.0 Å². The number of rotatable bonds is 3. The summed E-state index contributed by atoms with van der Waals surface area (Å²) in [5, 5.41) is 0. The quantitative estimate of drug-likeness (QED) is 0.760. The van der Waals surface area contributed by atoms with Crippen LogP contribution in [-0.4, -0.2) is 58.4 Å². The Bertz CT molecular complexity index is 913. The van der Waals surface area contributed by atoms with Crippen molar-refractivity contribution in [2.75, 3.05) is 25.1 Å². The summed E-state index contributed by atoms with van der Waals surface area (Å²) in [6, 6.07) is 6.47. The summed E-state index contributed by atoms with van der Waals surface area (Å²) in [5.41, 5.74) is 2.77. The molecule has 30 heavy (non-hydrogen) atoms. The molecule has 2 unspecified atom stereocenters. The summed E-state index contributed by atoms with van der Waals surface area (Å²) in [4.78, 5) is 21.7. The molecule has 2 fully saturated rings. The van der Waals surface area contributed by atoms with E-state index in [4.69, 9.17) is 14.5 Å². The Balaban J connectivity index is 1.57. The summed E-state index contributed by atoms with van der Waals surface area (Å²) in [5.74, 6) is 1.66. The third-order valence-corrected chi connectivity index (χ3v) is 5.98. The Kier molecular flexibility index (Phi) is 5.16. The average Bonchev–Trinajstić information content (AvgIpc) is 3.15. The van der Waals surface area contributed by atoms with Gasteiger partial charge in [-0.15, -0.1) is 0 Å². The molecule has 2 atom stereocenters. The molecule has 2 aromatic heterocycles. The van der Waals surface area contributed by atoms with Gasteiger partial charge in [-0.3, -0.25) is 4.90 Å². The van der Waals surface area contributed by atoms with Crippen molar-refractivity contribution in [2.45, 2.75) is 65.1 Å². The van der Waals surface area contributed by atoms with Gasteiger partial charge in [0.1, 0.15) is 17.2 Å². The van der Waals surface area contributed by atoms with E-state index in [1.54, 1.807) is 7.11 Å². The molecule has 2 bridgehead atoms. The molecule has 0 radical (unpaired) electrons. The van der Waals surface area contributed by atoms with Crippen LogP contribution in [0.4, 0.5) is 10.5 Å². The standard InChI is InChI=1S/C23H32N4O3/c1-15-7-8-16(2)26(15)21-11-20(29-6)19(12-24-21)25-13-17-9-10-18(14-25)27(17)22(28)30-23(3,4)5/h7-8,11-12,17-18H,9-10,13-14H2,1-6H3. The van der Waals surface area contributed by atoms with Gasteiger partial charge in [-0.1, -0.05) is 0 Å². The van der Waals surface area contributed by atoms with Crippen LogP contribution < -0.4 is 9.64 Å². The van der Waals surface area contributed by atoms with Gasteiger partial charge >= 0.3 is 6.09 Å². The van der Waals surface area contributed by atoms with Gasteiger partial charge in [0, 0.05) is 30.5 Å². The van der Waals surface area contributed by atoms with Gasteiger partial charge in [0.05, 0.1) is 31.1 Å². The molecule has 4 rings (SSSR count). The number of aromatic nitrogens is 2. The number of hydrogen-bond donors (Lipinski definition) is 0. The molecule has 2 saturated heterocycles. The maximum absolute atomic E-state index is 12.7. The first kappa shape index (κ1) is 20.6. The number of anilines is 1. The van der Waals surface area contributed by atoms with E-state index in [0.29, 0.717) is 0 Å². The lowest BCUT2D eigenvalue weighted by molar-refractivity contribution is 0.0123. The van der Waals surface area contributed by atoms with Crippen molar-refractivity contribution in [1.29, 1.82) is 0 Å². The summed E-state index contributed by atoms with van der Waals surface area (Å²) < 4.78 is 13.5. The molecule has 2 aliphatic heterocycles. The first-order valence-corrected chi connectivity index (χ1v) is 10.6. The van der Waals surface area contributed by atoms with Crippen molar-refractivity contribution in [3.8, 4) is 11.6 Å². The van der Waals surface area contributed by atoms with Crippen molar-refractivity contribution in [3.63, 3.8) is 0 Å². The first-order chi connectivity index (χ1) is 14.2. The fourth-order valence-electron chi connectivity index (χ4n) is 4.68. The Hall–Kier alpha value is -2.70. The molecule has 0 N–H and O–H groups in total. The zero-order chi connectivity index (χ0) is 21.6. The molecule has 162 valence electrons. The summed E-state index contributed by atoms with van der Waals surface area (Å²) in [6.45, 7) is 11.4. The van der Waals surface area contributed by atoms with E-state index in [1.165, 1.54) is 0 Å². The Morgan fingerprint density at radius 2 is 1.70 bits per heavy atom. The second-order valence-electron chi connectivity index (χ2n) is 9.34. The Morgan fingerprint density at radius 1 is 1.10 bits per heavy atom. The Labute approximate surface area is 178 Å². The predicted octanol–water partition coefficient (Wildman–Crippen LogP) is 4.09. The molecule has 0 spiro atoms. The maximum atomic E-state index is 12.7. The van der Waals surface area contributed by atoms with Crippen LogP contribution in [0.25, 0.3) is 5.82 Å². The molecule has 0 saturated carbocycles. The molecule has 0 aromatic carbocycles. The zero-order valence-electron chi connectivity index (χ0n) is 18.8. The largest absolute Gasteiger partial charge is 0.494 e. The summed E-state index contributed by atoms with van der Waals surface area (Å²) in [6.07, 6.45) is 3.69. The van der Waals surface area contributed by atoms with Gasteiger partial charge < -0.3 is 18.9 Å². The van der Waals surface area contributed by atoms with Crippen molar-refractivity contribution in [1.82, 2.24) is 14.5 Å². The third-order valence-electron chi connectivity index (χ3n) is 5.98. The molecular weight excluding hydrogens is 380 g/mol. The van der Waals surface area contributed by atoms with Gasteiger partial charge in [0.2, 0.25) is 0 Å². The SMILES string of the molecule is COc1cc(-n2c(C)ccc2C)ncc1N1CC2CCC(C1)N2C(=O)OC(C)(C)C. The van der Waals surface area contributed by atoms with E-state index >= 15 is 0 Å². The van der Waals surface area contributed by atoms with E-state index in [2.05, 4.69) is 35.4 Å². The number of piperazine rings is 1. The number of pyridine rings is 1. The van der Waals surface area contributed by atoms with Crippen molar-refractivity contribution >= 4 is 11.8 Å². The number of nitrogens with zero attached hydrogens (tertiary/aromatic N) is 4. The normalized spacial score (nSPS) is 21.1. The van der Waals surface area contributed by atoms with Crippen LogP contribution in [0.15, 0.2) is 24.4 Å². The molecular formula is C23H32N4O3. The van der Waals surface area contributed by atoms with Gasteiger partial charge in [-0.2, -0.15) is 0 Å². The number of hydrogen-bond acceptors (Lipinski definition) is 5. The highest BCUT2D eigenvalue weighted by molar-refractivity contribution is 5.71. The lowest BCUT2D eigenvalue weighted by Gasteiger charge is -2.42. The summed E-state index contributed by atoms with van der Waals surface area (Å²) >= 11 is 0. The van der Waals surface area contributed by atoms with Gasteiger partial charge in [0.25, 0.3) is 0 Å². The molecule has 2 aromatic rings. The smallest absolute Gasteiger partial charge is 0.410 e. The van der Waals surface area contributed by atoms with Gasteiger partial charge in [0.15, 0.2) is 0 Å². The van der Waals surface area contributed by atoms with Crippen molar-refractivity contribution < 1.29 is 14.3 Å². The second kappa shape index (κ2) is 7.52. The predicted molar refractivity (Wildman–Crippen MR) is 117 cm³/mol. The minimum Gasteiger partial charge on any atom is -0.494 e. The monoisotopic (exact) mass is 412 g/mol. The molecule has 4 heterocycles. The highest BCUT2D eigenvalue weighted by Gasteiger charge is 2.44. The Morgan fingerprint density at radius 3 is 2.23 bits per heavy atom. The maximum Gasteiger partial charge on any atom is 0.410 e. The van der Waals surface area contributed by atoms with Crippen molar-refractivity contribution in [2.24, 2.45) is 0 Å². The van der Waals surface area contributed by atoms with E-state index in [9.17, 15) is 4.79 Å². The highest BCUT2D eigenvalue weighted by atomic mass is 16.6. The lowest BCUT2D eigenvalue weighted by Crippen LogP contribution is -2.56. The fourth-order valence-corrected chi connectivity index (χ4v) is 4.68. The molecule has 2 aliphatic rings. The zero-order valence-corrected chi connectivity index (χ0v) is 18.8. The number of methoxy groups -OCH3 is 1. The van der Waals surface area contributed by atoms with E-state index in [1.807, 2.05) is 37.9 Å². The number of carbonyl (C=O) groups is 1. The summed E-state index contributed by atoms with van der Waals surface area (Å²) in [7, 11) is 1.70. The molecule has 7 heteroatoms. The second-order valence-corrected chi connectivity index (χ2v) is 9.34. The molecule has 0 aliphatic carbocycles. The van der Waals surface area contributed by atoms with Crippen LogP contribution in [0.2, 0.25) is 0 Å². The highest BCUT2D eigenvalue weighted by Crippen LogP contribution is 2.37. The third kappa shape index (κ3) is 3.73. The van der Waals surface area contributed by atoms with Crippen LogP contribution >= 0.6 is 0 Å². The van der Waals surface area contributed by atoms with Crippen LogP contribution in [-0.2, 0) is 4.74 Å². The minimum atomic E-state index is -0.481. The fraction of sp³-hybridized carbons (Fsp3) is 0.565. The van der Waals surface area contributed by atoms with Gasteiger partial charge in [-0.05, 0) is 59.6 Å². The van der Waals surface area contributed by atoms with E-state index in [-0.39, 0.29) is 18.2 Å². The molecule has 1 amide bonds. The average molecular weight is 413 g/mol. The number of carbonyl (C=O) groups excluding carboxylic acids is 1. The first-order valence-electron chi connectivity index (χ1n) is 10.6. The molecule has 7 nitrogen and oxygen atoms in total. The van der Waals surface area contributed by atoms with Crippen LogP contribution in [0.3, 0.4) is 0 Å². The topological polar surface area (TPSA) is 59.8 Å². The number of ether oxygens (including phenoxy) is 2. The number of aryl methyl sites for hydroxylation is 2. The van der Waals surface area contributed by atoms with Crippen LogP contribution in [0.5, 0.6) is 5.75 Å². The van der Waals surface area contributed by atoms with Crippen molar-refractivity contribution in [3.05, 3.63) is 35.8 Å².